The zero-order chi connectivity index (χ0) is 24.5. The largest absolute Gasteiger partial charge is 0.489 e. The zero-order valence-electron chi connectivity index (χ0n) is 19.2. The van der Waals surface area contributed by atoms with Crippen molar-refractivity contribution in [3.8, 4) is 22.6 Å². The van der Waals surface area contributed by atoms with E-state index >= 15 is 0 Å². The summed E-state index contributed by atoms with van der Waals surface area (Å²) < 4.78 is 11.5. The summed E-state index contributed by atoms with van der Waals surface area (Å²) in [6, 6.07) is 32.7. The second kappa shape index (κ2) is 11.9. The quantitative estimate of drug-likeness (QED) is 0.218. The second-order valence-electron chi connectivity index (χ2n) is 7.83. The molecule has 1 N–H and O–H groups in total. The molecule has 0 aromatic heterocycles. The van der Waals surface area contributed by atoms with Gasteiger partial charge in [0.1, 0.15) is 18.1 Å². The fourth-order valence-electron chi connectivity index (χ4n) is 3.30. The predicted octanol–water partition coefficient (Wildman–Crippen LogP) is 6.50. The van der Waals surface area contributed by atoms with E-state index in [1.54, 1.807) is 13.1 Å². The molecule has 5 nitrogen and oxygen atoms in total. The van der Waals surface area contributed by atoms with Crippen molar-refractivity contribution < 1.29 is 14.3 Å². The number of amides is 1. The van der Waals surface area contributed by atoms with Crippen molar-refractivity contribution in [1.82, 2.24) is 5.43 Å². The molecule has 0 radical (unpaired) electrons. The van der Waals surface area contributed by atoms with E-state index in [1.807, 2.05) is 103 Å². The van der Waals surface area contributed by atoms with Gasteiger partial charge in [0.15, 0.2) is 6.10 Å². The SMILES string of the molecule is CC(Oc1ccc(-c2ccccc2)cc1)C(=O)N/N=C/c1ccc(OCc2ccccc2Cl)cc1. The molecule has 35 heavy (non-hydrogen) atoms. The van der Waals surface area contributed by atoms with Gasteiger partial charge in [-0.15, -0.1) is 0 Å². The summed E-state index contributed by atoms with van der Waals surface area (Å²) in [5.74, 6) is 0.989. The maximum atomic E-state index is 12.3. The third-order valence-electron chi connectivity index (χ3n) is 5.26. The lowest BCUT2D eigenvalue weighted by atomic mass is 10.1. The average molecular weight is 485 g/mol. The fourth-order valence-corrected chi connectivity index (χ4v) is 3.49. The van der Waals surface area contributed by atoms with Crippen molar-refractivity contribution in [2.24, 2.45) is 5.10 Å². The molecule has 0 saturated carbocycles. The Bertz CT molecular complexity index is 1270. The number of ether oxygens (including phenoxy) is 2. The van der Waals surface area contributed by atoms with Crippen LogP contribution < -0.4 is 14.9 Å². The maximum absolute atomic E-state index is 12.3. The first-order valence-electron chi connectivity index (χ1n) is 11.2. The summed E-state index contributed by atoms with van der Waals surface area (Å²) in [5.41, 5.74) is 6.47. The molecule has 0 fully saturated rings. The van der Waals surface area contributed by atoms with E-state index in [4.69, 9.17) is 21.1 Å². The van der Waals surface area contributed by atoms with Crippen LogP contribution in [0.15, 0.2) is 108 Å². The van der Waals surface area contributed by atoms with Crippen LogP contribution in [0.25, 0.3) is 11.1 Å². The van der Waals surface area contributed by atoms with E-state index in [9.17, 15) is 4.79 Å². The average Bonchev–Trinajstić information content (AvgIpc) is 2.90. The molecule has 4 rings (SSSR count). The van der Waals surface area contributed by atoms with Gasteiger partial charge in [0, 0.05) is 10.6 Å². The standard InChI is InChI=1S/C29H25ClN2O3/c1-21(35-27-17-13-24(14-18-27)23-7-3-2-4-8-23)29(33)32-31-19-22-11-15-26(16-12-22)34-20-25-9-5-6-10-28(25)30/h2-19,21H,20H2,1H3,(H,32,33)/b31-19+. The van der Waals surface area contributed by atoms with Gasteiger partial charge in [-0.3, -0.25) is 4.79 Å². The van der Waals surface area contributed by atoms with Crippen molar-refractivity contribution in [1.29, 1.82) is 0 Å². The van der Waals surface area contributed by atoms with Crippen LogP contribution in [0.1, 0.15) is 18.1 Å². The fraction of sp³-hybridized carbons (Fsp3) is 0.103. The number of hydrazone groups is 1. The lowest BCUT2D eigenvalue weighted by Gasteiger charge is -2.13. The summed E-state index contributed by atoms with van der Waals surface area (Å²) in [7, 11) is 0. The van der Waals surface area contributed by atoms with E-state index in [1.165, 1.54) is 0 Å². The van der Waals surface area contributed by atoms with Crippen LogP contribution in [-0.4, -0.2) is 18.2 Å². The first kappa shape index (κ1) is 24.0. The molecule has 0 heterocycles. The van der Waals surface area contributed by atoms with Gasteiger partial charge in [-0.2, -0.15) is 5.10 Å². The first-order valence-corrected chi connectivity index (χ1v) is 11.6. The lowest BCUT2D eigenvalue weighted by Crippen LogP contribution is -2.33. The molecule has 0 saturated heterocycles. The Labute approximate surface area is 210 Å². The van der Waals surface area contributed by atoms with Crippen LogP contribution in [0.3, 0.4) is 0 Å². The maximum Gasteiger partial charge on any atom is 0.280 e. The number of carbonyl (C=O) groups is 1. The number of nitrogens with zero attached hydrogens (tertiary/aromatic N) is 1. The van der Waals surface area contributed by atoms with Crippen molar-refractivity contribution in [2.45, 2.75) is 19.6 Å². The van der Waals surface area contributed by atoms with Crippen LogP contribution in [0.5, 0.6) is 11.5 Å². The van der Waals surface area contributed by atoms with Gasteiger partial charge < -0.3 is 9.47 Å². The minimum absolute atomic E-state index is 0.340. The highest BCUT2D eigenvalue weighted by atomic mass is 35.5. The summed E-state index contributed by atoms with van der Waals surface area (Å²) in [6.07, 6.45) is 0.868. The van der Waals surface area contributed by atoms with Gasteiger partial charge >= 0.3 is 0 Å². The molecule has 1 unspecified atom stereocenters. The molecule has 0 aliphatic heterocycles. The van der Waals surface area contributed by atoms with Crippen molar-refractivity contribution >= 4 is 23.7 Å². The predicted molar refractivity (Wildman–Crippen MR) is 140 cm³/mol. The minimum atomic E-state index is -0.699. The highest BCUT2D eigenvalue weighted by Gasteiger charge is 2.14. The molecule has 0 bridgehead atoms. The van der Waals surface area contributed by atoms with E-state index in [0.717, 1.165) is 22.3 Å². The Morgan fingerprint density at radius 1 is 0.857 bits per heavy atom. The van der Waals surface area contributed by atoms with Gasteiger partial charge in [-0.25, -0.2) is 5.43 Å². The lowest BCUT2D eigenvalue weighted by molar-refractivity contribution is -0.127. The van der Waals surface area contributed by atoms with Crippen LogP contribution in [0.4, 0.5) is 0 Å². The van der Waals surface area contributed by atoms with E-state index in [-0.39, 0.29) is 5.91 Å². The minimum Gasteiger partial charge on any atom is -0.489 e. The number of hydrogen-bond acceptors (Lipinski definition) is 4. The summed E-state index contributed by atoms with van der Waals surface area (Å²) in [5, 5.41) is 4.71. The molecule has 176 valence electrons. The molecule has 0 spiro atoms. The topological polar surface area (TPSA) is 59.9 Å². The Balaban J connectivity index is 1.24. The molecular weight excluding hydrogens is 460 g/mol. The second-order valence-corrected chi connectivity index (χ2v) is 8.24. The van der Waals surface area contributed by atoms with Crippen LogP contribution in [0.2, 0.25) is 5.02 Å². The highest BCUT2D eigenvalue weighted by Crippen LogP contribution is 2.23. The Hall–Kier alpha value is -4.09. The number of benzene rings is 4. The van der Waals surface area contributed by atoms with E-state index in [0.29, 0.717) is 23.1 Å². The van der Waals surface area contributed by atoms with E-state index in [2.05, 4.69) is 10.5 Å². The van der Waals surface area contributed by atoms with Crippen LogP contribution in [-0.2, 0) is 11.4 Å². The molecule has 4 aromatic rings. The molecule has 4 aromatic carbocycles. The van der Waals surface area contributed by atoms with Crippen molar-refractivity contribution in [3.63, 3.8) is 0 Å². The normalized spacial score (nSPS) is 11.7. The Morgan fingerprint density at radius 3 is 2.20 bits per heavy atom. The van der Waals surface area contributed by atoms with Gasteiger partial charge in [0.25, 0.3) is 5.91 Å². The molecule has 1 atom stereocenters. The molecule has 0 aliphatic carbocycles. The van der Waals surface area contributed by atoms with Gasteiger partial charge in [0.2, 0.25) is 0 Å². The summed E-state index contributed by atoms with van der Waals surface area (Å²) in [4.78, 5) is 12.3. The van der Waals surface area contributed by atoms with Gasteiger partial charge in [0.05, 0.1) is 6.21 Å². The van der Waals surface area contributed by atoms with Crippen LogP contribution in [0, 0.1) is 0 Å². The monoisotopic (exact) mass is 484 g/mol. The highest BCUT2D eigenvalue weighted by molar-refractivity contribution is 6.31. The third-order valence-corrected chi connectivity index (χ3v) is 5.63. The number of halogens is 1. The van der Waals surface area contributed by atoms with Crippen molar-refractivity contribution in [3.05, 3.63) is 119 Å². The third kappa shape index (κ3) is 6.95. The number of carbonyl (C=O) groups excluding carboxylic acids is 1. The Morgan fingerprint density at radius 2 is 1.49 bits per heavy atom. The first-order chi connectivity index (χ1) is 17.1. The Kier molecular flexibility index (Phi) is 8.15. The smallest absolute Gasteiger partial charge is 0.280 e. The van der Waals surface area contributed by atoms with E-state index < -0.39 is 6.10 Å². The van der Waals surface area contributed by atoms with Gasteiger partial charge in [-0.1, -0.05) is 72.3 Å². The van der Waals surface area contributed by atoms with Gasteiger partial charge in [-0.05, 0) is 66.1 Å². The van der Waals surface area contributed by atoms with Crippen LogP contribution >= 0.6 is 11.6 Å². The molecule has 0 aliphatic rings. The summed E-state index contributed by atoms with van der Waals surface area (Å²) >= 11 is 6.15. The summed E-state index contributed by atoms with van der Waals surface area (Å²) in [6.45, 7) is 2.07. The number of nitrogens with one attached hydrogen (secondary N) is 1. The molecule has 1 amide bonds. The number of hydrogen-bond donors (Lipinski definition) is 1. The number of rotatable bonds is 9. The molecule has 6 heteroatoms. The zero-order valence-corrected chi connectivity index (χ0v) is 20.0. The molecular formula is C29H25ClN2O3. The van der Waals surface area contributed by atoms with Crippen molar-refractivity contribution in [2.75, 3.05) is 0 Å².